The largest absolute Gasteiger partial charge is 0.458 e. The van der Waals surface area contributed by atoms with E-state index in [1.807, 2.05) is 0 Å². The van der Waals surface area contributed by atoms with E-state index in [0.29, 0.717) is 16.8 Å². The van der Waals surface area contributed by atoms with Gasteiger partial charge in [0.1, 0.15) is 6.10 Å². The summed E-state index contributed by atoms with van der Waals surface area (Å²) in [6.45, 7) is 0. The molecule has 1 aliphatic carbocycles. The third kappa shape index (κ3) is 1.73. The first-order chi connectivity index (χ1) is 8.24. The van der Waals surface area contributed by atoms with Gasteiger partial charge in [-0.2, -0.15) is 5.10 Å². The van der Waals surface area contributed by atoms with Gasteiger partial charge >= 0.3 is 5.97 Å². The van der Waals surface area contributed by atoms with Crippen LogP contribution < -0.4 is 5.73 Å². The predicted octanol–water partition coefficient (Wildman–Crippen LogP) is 1.85. The van der Waals surface area contributed by atoms with Gasteiger partial charge in [-0.15, -0.1) is 0 Å². The fraction of sp³-hybridized carbons (Fsp3) is 0.333. The van der Waals surface area contributed by atoms with Gasteiger partial charge in [-0.05, 0) is 37.5 Å². The summed E-state index contributed by atoms with van der Waals surface area (Å²) in [5.41, 5.74) is 7.42. The number of carbonyl (C=O) groups excluding carboxylic acids is 1. The summed E-state index contributed by atoms with van der Waals surface area (Å²) in [4.78, 5) is 11.9. The number of carbonyl (C=O) groups is 1. The van der Waals surface area contributed by atoms with Crippen LogP contribution >= 0.6 is 0 Å². The minimum atomic E-state index is -0.369. The Morgan fingerprint density at radius 1 is 1.47 bits per heavy atom. The molecule has 1 saturated carbocycles. The first-order valence-electron chi connectivity index (χ1n) is 5.68. The van der Waals surface area contributed by atoms with Crippen molar-refractivity contribution in [3.63, 3.8) is 0 Å². The summed E-state index contributed by atoms with van der Waals surface area (Å²) in [6, 6.07) is 5.30. The maximum Gasteiger partial charge on any atom is 0.359 e. The van der Waals surface area contributed by atoms with Gasteiger partial charge in [-0.1, -0.05) is 0 Å². The molecule has 0 spiro atoms. The molecule has 0 amide bonds. The Kier molecular flexibility index (Phi) is 2.24. The fourth-order valence-electron chi connectivity index (χ4n) is 1.88. The van der Waals surface area contributed by atoms with E-state index in [2.05, 4.69) is 10.2 Å². The van der Waals surface area contributed by atoms with Crippen molar-refractivity contribution in [2.45, 2.75) is 25.4 Å². The van der Waals surface area contributed by atoms with Crippen molar-refractivity contribution < 1.29 is 9.53 Å². The monoisotopic (exact) mass is 231 g/mol. The van der Waals surface area contributed by atoms with Gasteiger partial charge < -0.3 is 10.5 Å². The van der Waals surface area contributed by atoms with E-state index in [-0.39, 0.29) is 12.1 Å². The lowest BCUT2D eigenvalue weighted by atomic mass is 9.96. The smallest absolute Gasteiger partial charge is 0.359 e. The average Bonchev–Trinajstić information content (AvgIpc) is 2.66. The Morgan fingerprint density at radius 3 is 3.00 bits per heavy atom. The first-order valence-corrected chi connectivity index (χ1v) is 5.68. The van der Waals surface area contributed by atoms with Crippen molar-refractivity contribution in [2.75, 3.05) is 5.73 Å². The van der Waals surface area contributed by atoms with E-state index in [9.17, 15) is 4.79 Å². The zero-order chi connectivity index (χ0) is 11.8. The van der Waals surface area contributed by atoms with Gasteiger partial charge in [0.2, 0.25) is 0 Å². The molecule has 17 heavy (non-hydrogen) atoms. The van der Waals surface area contributed by atoms with Crippen LogP contribution in [0.5, 0.6) is 0 Å². The molecule has 0 unspecified atom stereocenters. The normalized spacial score (nSPS) is 15.8. The quantitative estimate of drug-likeness (QED) is 0.610. The SMILES string of the molecule is Nc1ccc2[nH]nc(C(=O)OC3CCC3)c2c1. The van der Waals surface area contributed by atoms with E-state index in [0.717, 1.165) is 24.8 Å². The highest BCUT2D eigenvalue weighted by Gasteiger charge is 2.24. The second kappa shape index (κ2) is 3.76. The third-order valence-corrected chi connectivity index (χ3v) is 3.11. The van der Waals surface area contributed by atoms with Gasteiger partial charge in [-0.25, -0.2) is 4.79 Å². The molecule has 0 atom stereocenters. The summed E-state index contributed by atoms with van der Waals surface area (Å²) in [6.07, 6.45) is 3.11. The molecule has 2 aromatic rings. The lowest BCUT2D eigenvalue weighted by molar-refractivity contribution is 0.00858. The molecule has 0 radical (unpaired) electrons. The van der Waals surface area contributed by atoms with Crippen LogP contribution in [0.2, 0.25) is 0 Å². The van der Waals surface area contributed by atoms with Crippen LogP contribution in [0.25, 0.3) is 10.9 Å². The number of fused-ring (bicyclic) bond motifs is 1. The number of aromatic amines is 1. The van der Waals surface area contributed by atoms with Crippen molar-refractivity contribution in [3.05, 3.63) is 23.9 Å². The third-order valence-electron chi connectivity index (χ3n) is 3.11. The molecule has 1 aromatic carbocycles. The molecule has 1 heterocycles. The fourth-order valence-corrected chi connectivity index (χ4v) is 1.88. The number of nitrogens with one attached hydrogen (secondary N) is 1. The van der Waals surface area contributed by atoms with Crippen LogP contribution in [0.1, 0.15) is 29.8 Å². The molecule has 0 saturated heterocycles. The molecule has 1 aromatic heterocycles. The summed E-state index contributed by atoms with van der Waals surface area (Å²) >= 11 is 0. The second-order valence-corrected chi connectivity index (χ2v) is 4.34. The number of anilines is 1. The van der Waals surface area contributed by atoms with Crippen LogP contribution in [0, 0.1) is 0 Å². The molecule has 88 valence electrons. The number of hydrogen-bond acceptors (Lipinski definition) is 4. The average molecular weight is 231 g/mol. The maximum absolute atomic E-state index is 11.9. The number of nitrogen functional groups attached to an aromatic ring is 1. The highest BCUT2D eigenvalue weighted by atomic mass is 16.5. The van der Waals surface area contributed by atoms with Crippen LogP contribution in [0.4, 0.5) is 5.69 Å². The molecular weight excluding hydrogens is 218 g/mol. The van der Waals surface area contributed by atoms with E-state index in [1.54, 1.807) is 18.2 Å². The Balaban J connectivity index is 1.93. The number of H-pyrrole nitrogens is 1. The molecule has 3 N–H and O–H groups in total. The Labute approximate surface area is 97.9 Å². The Bertz CT molecular complexity index is 572. The zero-order valence-corrected chi connectivity index (χ0v) is 9.27. The van der Waals surface area contributed by atoms with Crippen molar-refractivity contribution in [3.8, 4) is 0 Å². The van der Waals surface area contributed by atoms with Crippen LogP contribution in [-0.4, -0.2) is 22.3 Å². The number of rotatable bonds is 2. The first kappa shape index (κ1) is 10.1. The standard InChI is InChI=1S/C12H13N3O2/c13-7-4-5-10-9(6-7)11(15-14-10)12(16)17-8-2-1-3-8/h4-6,8H,1-3,13H2,(H,14,15). The van der Waals surface area contributed by atoms with Crippen molar-refractivity contribution in [1.82, 2.24) is 10.2 Å². The van der Waals surface area contributed by atoms with E-state index in [4.69, 9.17) is 10.5 Å². The molecule has 3 rings (SSSR count). The summed E-state index contributed by atoms with van der Waals surface area (Å²) in [5.74, 6) is -0.369. The van der Waals surface area contributed by atoms with Gasteiger partial charge in [0.25, 0.3) is 0 Å². The highest BCUT2D eigenvalue weighted by Crippen LogP contribution is 2.25. The lowest BCUT2D eigenvalue weighted by Crippen LogP contribution is -2.25. The Hall–Kier alpha value is -2.04. The predicted molar refractivity (Wildman–Crippen MR) is 63.6 cm³/mol. The number of nitrogens with two attached hydrogens (primary N) is 1. The van der Waals surface area contributed by atoms with Crippen molar-refractivity contribution in [1.29, 1.82) is 0 Å². The van der Waals surface area contributed by atoms with Crippen LogP contribution in [0.3, 0.4) is 0 Å². The minimum Gasteiger partial charge on any atom is -0.458 e. The Morgan fingerprint density at radius 2 is 2.29 bits per heavy atom. The van der Waals surface area contributed by atoms with E-state index < -0.39 is 0 Å². The van der Waals surface area contributed by atoms with Gasteiger partial charge in [0.05, 0.1) is 5.52 Å². The number of hydrogen-bond donors (Lipinski definition) is 2. The number of benzene rings is 1. The minimum absolute atomic E-state index is 0.0651. The topological polar surface area (TPSA) is 81.0 Å². The number of esters is 1. The number of ether oxygens (including phenoxy) is 1. The molecule has 5 nitrogen and oxygen atoms in total. The molecule has 5 heteroatoms. The summed E-state index contributed by atoms with van der Waals surface area (Å²) in [5, 5.41) is 7.51. The van der Waals surface area contributed by atoms with Crippen LogP contribution in [0.15, 0.2) is 18.2 Å². The van der Waals surface area contributed by atoms with Gasteiger partial charge in [0, 0.05) is 11.1 Å². The van der Waals surface area contributed by atoms with Gasteiger partial charge in [0.15, 0.2) is 5.69 Å². The maximum atomic E-state index is 11.9. The lowest BCUT2D eigenvalue weighted by Gasteiger charge is -2.24. The van der Waals surface area contributed by atoms with E-state index in [1.165, 1.54) is 0 Å². The second-order valence-electron chi connectivity index (χ2n) is 4.34. The number of nitrogens with zero attached hydrogens (tertiary/aromatic N) is 1. The molecule has 0 aliphatic heterocycles. The summed E-state index contributed by atoms with van der Waals surface area (Å²) in [7, 11) is 0. The summed E-state index contributed by atoms with van der Waals surface area (Å²) < 4.78 is 5.32. The highest BCUT2D eigenvalue weighted by molar-refractivity contribution is 6.02. The molecule has 1 aliphatic rings. The molecular formula is C12H13N3O2. The van der Waals surface area contributed by atoms with Crippen LogP contribution in [-0.2, 0) is 4.74 Å². The zero-order valence-electron chi connectivity index (χ0n) is 9.27. The number of aromatic nitrogens is 2. The van der Waals surface area contributed by atoms with Crippen molar-refractivity contribution >= 4 is 22.6 Å². The van der Waals surface area contributed by atoms with Gasteiger partial charge in [-0.3, -0.25) is 5.10 Å². The molecule has 0 bridgehead atoms. The molecule has 1 fully saturated rings. The van der Waals surface area contributed by atoms with Crippen molar-refractivity contribution in [2.24, 2.45) is 0 Å². The van der Waals surface area contributed by atoms with E-state index >= 15 is 0 Å².